The summed E-state index contributed by atoms with van der Waals surface area (Å²) in [6, 6.07) is 2.33. The van der Waals surface area contributed by atoms with Gasteiger partial charge in [0.25, 0.3) is 10.0 Å². The van der Waals surface area contributed by atoms with E-state index in [0.29, 0.717) is 0 Å². The molecule has 2 heterocycles. The molecule has 2 N–H and O–H groups in total. The van der Waals surface area contributed by atoms with Gasteiger partial charge in [0.2, 0.25) is 5.95 Å². The maximum atomic E-state index is 12.5. The molecule has 16 heavy (non-hydrogen) atoms. The van der Waals surface area contributed by atoms with Crippen molar-refractivity contribution in [3.05, 3.63) is 36.8 Å². The zero-order valence-corrected chi connectivity index (χ0v) is 8.70. The van der Waals surface area contributed by atoms with Crippen LogP contribution in [-0.2, 0) is 10.0 Å². The third-order valence-corrected chi connectivity index (χ3v) is 3.05. The molecule has 84 valence electrons. The fourth-order valence-electron chi connectivity index (χ4n) is 1.04. The smallest absolute Gasteiger partial charge is 0.279 e. The Balaban J connectivity index is 2.25. The average molecular weight is 242 g/mol. The van der Waals surface area contributed by atoms with Crippen molar-refractivity contribution < 1.29 is 12.8 Å². The molecule has 2 aromatic rings. The average Bonchev–Trinajstić information content (AvgIpc) is 2.75. The molecule has 0 aliphatic rings. The Kier molecular flexibility index (Phi) is 2.57. The second-order valence-electron chi connectivity index (χ2n) is 2.89. The van der Waals surface area contributed by atoms with Gasteiger partial charge in [-0.25, -0.2) is 9.97 Å². The van der Waals surface area contributed by atoms with Crippen molar-refractivity contribution >= 4 is 15.7 Å². The van der Waals surface area contributed by atoms with Gasteiger partial charge in [0, 0.05) is 0 Å². The van der Waals surface area contributed by atoms with Crippen LogP contribution in [0.3, 0.4) is 0 Å². The maximum Gasteiger partial charge on any atom is 0.279 e. The fourth-order valence-corrected chi connectivity index (χ4v) is 1.98. The largest absolute Gasteiger partial charge is 0.334 e. The number of imidazole rings is 1. The monoisotopic (exact) mass is 242 g/mol. The number of sulfonamides is 1. The first kappa shape index (κ1) is 10.6. The highest BCUT2D eigenvalue weighted by Crippen LogP contribution is 2.12. The molecule has 8 heteroatoms. The molecule has 0 unspecified atom stereocenters. The number of hydrogen-bond donors (Lipinski definition) is 2. The van der Waals surface area contributed by atoms with Crippen molar-refractivity contribution in [2.24, 2.45) is 0 Å². The van der Waals surface area contributed by atoms with Crippen molar-refractivity contribution in [1.82, 2.24) is 15.0 Å². The van der Waals surface area contributed by atoms with E-state index in [2.05, 4.69) is 19.7 Å². The number of hydrogen-bond acceptors (Lipinski definition) is 4. The van der Waals surface area contributed by atoms with Crippen molar-refractivity contribution in [3.8, 4) is 0 Å². The van der Waals surface area contributed by atoms with Gasteiger partial charge < -0.3 is 4.98 Å². The van der Waals surface area contributed by atoms with Crippen LogP contribution in [-0.4, -0.2) is 23.4 Å². The number of H-pyrrole nitrogens is 1. The van der Waals surface area contributed by atoms with Crippen LogP contribution < -0.4 is 4.72 Å². The number of aromatic nitrogens is 3. The molecule has 6 nitrogen and oxygen atoms in total. The van der Waals surface area contributed by atoms with Gasteiger partial charge in [-0.05, 0) is 12.1 Å². The van der Waals surface area contributed by atoms with Crippen molar-refractivity contribution in [2.45, 2.75) is 5.03 Å². The van der Waals surface area contributed by atoms with Crippen molar-refractivity contribution in [3.63, 3.8) is 0 Å². The van der Waals surface area contributed by atoms with E-state index in [1.807, 2.05) is 0 Å². The van der Waals surface area contributed by atoms with Crippen molar-refractivity contribution in [2.75, 3.05) is 4.72 Å². The van der Waals surface area contributed by atoms with Gasteiger partial charge in [-0.2, -0.15) is 12.8 Å². The number of rotatable bonds is 3. The van der Waals surface area contributed by atoms with E-state index in [9.17, 15) is 12.8 Å². The number of halogens is 1. The van der Waals surface area contributed by atoms with E-state index >= 15 is 0 Å². The molecule has 0 fully saturated rings. The summed E-state index contributed by atoms with van der Waals surface area (Å²) in [7, 11) is -3.71. The predicted molar refractivity (Wildman–Crippen MR) is 53.6 cm³/mol. The van der Waals surface area contributed by atoms with Crippen LogP contribution in [0.5, 0.6) is 0 Å². The van der Waals surface area contributed by atoms with E-state index < -0.39 is 16.0 Å². The van der Waals surface area contributed by atoms with Gasteiger partial charge in [0.15, 0.2) is 5.03 Å². The number of nitrogens with one attached hydrogen (secondary N) is 2. The van der Waals surface area contributed by atoms with Gasteiger partial charge in [-0.1, -0.05) is 0 Å². The Morgan fingerprint density at radius 3 is 2.69 bits per heavy atom. The molecule has 2 aromatic heterocycles. The Labute approximate surface area is 90.6 Å². The molecule has 0 radical (unpaired) electrons. The molecule has 0 atom stereocenters. The van der Waals surface area contributed by atoms with Crippen LogP contribution in [0.25, 0.3) is 0 Å². The minimum Gasteiger partial charge on any atom is -0.334 e. The first-order valence-electron chi connectivity index (χ1n) is 4.21. The molecule has 0 aliphatic carbocycles. The standard InChI is InChI=1S/C8H7FN4O2S/c9-7-2-1-6(3-11-7)13-16(14,15)8-4-10-5-12-8/h1-5,13H,(H,10,12). The van der Waals surface area contributed by atoms with Crippen molar-refractivity contribution in [1.29, 1.82) is 0 Å². The van der Waals surface area contributed by atoms with Gasteiger partial charge in [0.05, 0.1) is 24.4 Å². The zero-order valence-electron chi connectivity index (χ0n) is 7.88. The highest BCUT2D eigenvalue weighted by Gasteiger charge is 2.15. The minimum atomic E-state index is -3.71. The SMILES string of the molecule is O=S(=O)(Nc1ccc(F)nc1)c1cnc[nH]1. The quantitative estimate of drug-likeness (QED) is 0.777. The highest BCUT2D eigenvalue weighted by atomic mass is 32.2. The molecule has 2 rings (SSSR count). The van der Waals surface area contributed by atoms with Gasteiger partial charge in [0.1, 0.15) is 0 Å². The normalized spacial score (nSPS) is 11.3. The van der Waals surface area contributed by atoms with Crippen LogP contribution >= 0.6 is 0 Å². The first-order valence-corrected chi connectivity index (χ1v) is 5.69. The predicted octanol–water partition coefficient (Wildman–Crippen LogP) is 0.745. The summed E-state index contributed by atoms with van der Waals surface area (Å²) in [5.41, 5.74) is 0.177. The third-order valence-electron chi connectivity index (χ3n) is 1.74. The Bertz CT molecular complexity index is 565. The molecule has 0 saturated carbocycles. The Hall–Kier alpha value is -1.96. The Morgan fingerprint density at radius 1 is 1.31 bits per heavy atom. The van der Waals surface area contributed by atoms with Crippen LogP contribution in [0.2, 0.25) is 0 Å². The van der Waals surface area contributed by atoms with E-state index in [-0.39, 0.29) is 10.7 Å². The topological polar surface area (TPSA) is 87.7 Å². The first-order chi connectivity index (χ1) is 7.58. The van der Waals surface area contributed by atoms with Crippen LogP contribution in [0.15, 0.2) is 35.9 Å². The number of pyridine rings is 1. The lowest BCUT2D eigenvalue weighted by atomic mass is 10.4. The molecule has 0 bridgehead atoms. The summed E-state index contributed by atoms with van der Waals surface area (Å²) in [4.78, 5) is 9.37. The van der Waals surface area contributed by atoms with Crippen LogP contribution in [0, 0.1) is 5.95 Å². The summed E-state index contributed by atoms with van der Waals surface area (Å²) in [6.07, 6.45) is 3.50. The van der Waals surface area contributed by atoms with E-state index in [0.717, 1.165) is 12.3 Å². The molecule has 0 spiro atoms. The molecule has 0 aliphatic heterocycles. The maximum absolute atomic E-state index is 12.5. The number of nitrogens with zero attached hydrogens (tertiary/aromatic N) is 2. The van der Waals surface area contributed by atoms with E-state index in [4.69, 9.17) is 0 Å². The molecular weight excluding hydrogens is 235 g/mol. The minimum absolute atomic E-state index is 0.0724. The van der Waals surface area contributed by atoms with E-state index in [1.165, 1.54) is 18.6 Å². The molecular formula is C8H7FN4O2S. The lowest BCUT2D eigenvalue weighted by molar-refractivity contribution is 0.583. The Morgan fingerprint density at radius 2 is 2.12 bits per heavy atom. The summed E-state index contributed by atoms with van der Waals surface area (Å²) in [5.74, 6) is -0.676. The summed E-state index contributed by atoms with van der Waals surface area (Å²) in [6.45, 7) is 0. The summed E-state index contributed by atoms with van der Waals surface area (Å²) < 4.78 is 38.0. The van der Waals surface area contributed by atoms with Gasteiger partial charge in [-0.15, -0.1) is 0 Å². The molecule has 0 aromatic carbocycles. The van der Waals surface area contributed by atoms with Gasteiger partial charge in [-0.3, -0.25) is 4.72 Å². The number of anilines is 1. The fraction of sp³-hybridized carbons (Fsp3) is 0. The lowest BCUT2D eigenvalue weighted by Gasteiger charge is -2.04. The second-order valence-corrected chi connectivity index (χ2v) is 4.54. The zero-order chi connectivity index (χ0) is 11.6. The van der Waals surface area contributed by atoms with E-state index in [1.54, 1.807) is 0 Å². The molecule has 0 saturated heterocycles. The van der Waals surface area contributed by atoms with Crippen LogP contribution in [0.1, 0.15) is 0 Å². The lowest BCUT2D eigenvalue weighted by Crippen LogP contribution is -2.13. The van der Waals surface area contributed by atoms with Gasteiger partial charge >= 0.3 is 0 Å². The molecule has 0 amide bonds. The second kappa shape index (κ2) is 3.89. The summed E-state index contributed by atoms with van der Waals surface area (Å²) in [5, 5.41) is -0.0724. The number of aromatic amines is 1. The third kappa shape index (κ3) is 2.16. The van der Waals surface area contributed by atoms with Crippen LogP contribution in [0.4, 0.5) is 10.1 Å². The summed E-state index contributed by atoms with van der Waals surface area (Å²) >= 11 is 0. The highest BCUT2D eigenvalue weighted by molar-refractivity contribution is 7.92.